The van der Waals surface area contributed by atoms with Crippen LogP contribution in [0.5, 0.6) is 11.5 Å². The molecule has 1 unspecified atom stereocenters. The summed E-state index contributed by atoms with van der Waals surface area (Å²) in [7, 11) is 3.22. The lowest BCUT2D eigenvalue weighted by Crippen LogP contribution is -2.47. The lowest BCUT2D eigenvalue weighted by atomic mass is 10.0. The van der Waals surface area contributed by atoms with Crippen molar-refractivity contribution in [3.63, 3.8) is 0 Å². The second kappa shape index (κ2) is 5.27. The second-order valence-corrected chi connectivity index (χ2v) is 4.24. The molecular formula is C13H18N2O3. The zero-order valence-electron chi connectivity index (χ0n) is 10.9. The van der Waals surface area contributed by atoms with E-state index in [2.05, 4.69) is 10.6 Å². The van der Waals surface area contributed by atoms with Crippen LogP contribution in [0, 0.1) is 6.92 Å². The Morgan fingerprint density at radius 3 is 2.50 bits per heavy atom. The number of rotatable bonds is 3. The van der Waals surface area contributed by atoms with E-state index in [1.54, 1.807) is 14.2 Å². The summed E-state index contributed by atoms with van der Waals surface area (Å²) in [5, 5.41) is 6.02. The third kappa shape index (κ3) is 2.26. The van der Waals surface area contributed by atoms with Gasteiger partial charge in [0.2, 0.25) is 5.91 Å². The molecule has 0 spiro atoms. The number of nitrogens with one attached hydrogen (secondary N) is 2. The fourth-order valence-corrected chi connectivity index (χ4v) is 2.15. The summed E-state index contributed by atoms with van der Waals surface area (Å²) in [4.78, 5) is 11.9. The molecule has 0 aromatic heterocycles. The van der Waals surface area contributed by atoms with Gasteiger partial charge in [-0.2, -0.15) is 0 Å². The molecule has 2 rings (SSSR count). The molecule has 0 bridgehead atoms. The highest BCUT2D eigenvalue weighted by Gasteiger charge is 2.27. The van der Waals surface area contributed by atoms with Gasteiger partial charge in [-0.3, -0.25) is 4.79 Å². The molecule has 1 amide bonds. The van der Waals surface area contributed by atoms with Crippen molar-refractivity contribution in [2.75, 3.05) is 27.3 Å². The van der Waals surface area contributed by atoms with Crippen molar-refractivity contribution in [2.24, 2.45) is 0 Å². The van der Waals surface area contributed by atoms with Crippen LogP contribution in [0.2, 0.25) is 0 Å². The summed E-state index contributed by atoms with van der Waals surface area (Å²) in [5.74, 6) is 1.42. The van der Waals surface area contributed by atoms with Crippen molar-refractivity contribution < 1.29 is 14.3 Å². The van der Waals surface area contributed by atoms with Gasteiger partial charge in [-0.25, -0.2) is 0 Å². The Labute approximate surface area is 106 Å². The third-order valence-corrected chi connectivity index (χ3v) is 3.09. The first kappa shape index (κ1) is 12.7. The van der Waals surface area contributed by atoms with E-state index in [0.29, 0.717) is 12.3 Å². The van der Waals surface area contributed by atoms with Crippen LogP contribution in [0.4, 0.5) is 0 Å². The van der Waals surface area contributed by atoms with E-state index in [1.165, 1.54) is 0 Å². The van der Waals surface area contributed by atoms with E-state index in [1.807, 2.05) is 19.1 Å². The van der Waals surface area contributed by atoms with Crippen LogP contribution in [0.3, 0.4) is 0 Å². The average molecular weight is 250 g/mol. The predicted octanol–water partition coefficient (Wildman–Crippen LogP) is 0.773. The number of ether oxygens (including phenoxy) is 2. The Kier molecular flexibility index (Phi) is 3.72. The molecule has 18 heavy (non-hydrogen) atoms. The summed E-state index contributed by atoms with van der Waals surface area (Å²) in [6, 6.07) is 3.36. The largest absolute Gasteiger partial charge is 0.496 e. The number of aryl methyl sites for hydroxylation is 1. The summed E-state index contributed by atoms with van der Waals surface area (Å²) in [6.07, 6.45) is 0. The molecule has 2 N–H and O–H groups in total. The van der Waals surface area contributed by atoms with Gasteiger partial charge in [0.15, 0.2) is 0 Å². The van der Waals surface area contributed by atoms with Crippen LogP contribution < -0.4 is 20.1 Å². The van der Waals surface area contributed by atoms with Crippen molar-refractivity contribution >= 4 is 5.91 Å². The van der Waals surface area contributed by atoms with Gasteiger partial charge in [0.05, 0.1) is 14.2 Å². The van der Waals surface area contributed by atoms with Gasteiger partial charge in [0, 0.05) is 18.7 Å². The normalized spacial score (nSPS) is 19.3. The zero-order valence-corrected chi connectivity index (χ0v) is 10.9. The lowest BCUT2D eigenvalue weighted by molar-refractivity contribution is -0.124. The van der Waals surface area contributed by atoms with Crippen LogP contribution >= 0.6 is 0 Å². The molecule has 1 aromatic carbocycles. The Balaban J connectivity index is 2.44. The van der Waals surface area contributed by atoms with Gasteiger partial charge in [-0.15, -0.1) is 0 Å². The van der Waals surface area contributed by atoms with E-state index in [4.69, 9.17) is 9.47 Å². The summed E-state index contributed by atoms with van der Waals surface area (Å²) >= 11 is 0. The minimum Gasteiger partial charge on any atom is -0.496 e. The predicted molar refractivity (Wildman–Crippen MR) is 68.0 cm³/mol. The lowest BCUT2D eigenvalue weighted by Gasteiger charge is -2.25. The van der Waals surface area contributed by atoms with Crippen LogP contribution in [-0.4, -0.2) is 33.2 Å². The summed E-state index contributed by atoms with van der Waals surface area (Å²) in [5.41, 5.74) is 1.78. The highest BCUT2D eigenvalue weighted by atomic mass is 16.5. The number of carbonyl (C=O) groups is 1. The zero-order chi connectivity index (χ0) is 13.1. The number of benzene rings is 1. The van der Waals surface area contributed by atoms with E-state index in [9.17, 15) is 4.79 Å². The maximum Gasteiger partial charge on any atom is 0.241 e. The van der Waals surface area contributed by atoms with Crippen LogP contribution in [0.15, 0.2) is 12.1 Å². The van der Waals surface area contributed by atoms with Crippen LogP contribution in [-0.2, 0) is 4.79 Å². The molecule has 0 saturated carbocycles. The standard InChI is InChI=1S/C13H18N2O3/c1-8-6-11(18-3)9(7-10(8)17-2)12-13(16)15-5-4-14-12/h6-7,12,14H,4-5H2,1-3H3,(H,15,16). The number of hydrogen-bond acceptors (Lipinski definition) is 4. The first-order chi connectivity index (χ1) is 8.67. The van der Waals surface area contributed by atoms with E-state index in [-0.39, 0.29) is 11.9 Å². The number of hydrogen-bond donors (Lipinski definition) is 2. The van der Waals surface area contributed by atoms with Gasteiger partial charge < -0.3 is 20.1 Å². The summed E-state index contributed by atoms with van der Waals surface area (Å²) < 4.78 is 10.6. The highest BCUT2D eigenvalue weighted by Crippen LogP contribution is 2.32. The molecule has 1 aliphatic rings. The monoisotopic (exact) mass is 250 g/mol. The molecule has 1 heterocycles. The maximum atomic E-state index is 11.9. The number of carbonyl (C=O) groups excluding carboxylic acids is 1. The maximum absolute atomic E-state index is 11.9. The first-order valence-electron chi connectivity index (χ1n) is 5.91. The quantitative estimate of drug-likeness (QED) is 0.832. The Morgan fingerprint density at radius 2 is 1.89 bits per heavy atom. The molecule has 1 saturated heterocycles. The Bertz CT molecular complexity index is 460. The van der Waals surface area contributed by atoms with Crippen LogP contribution in [0.25, 0.3) is 0 Å². The summed E-state index contributed by atoms with van der Waals surface area (Å²) in [6.45, 7) is 3.34. The van der Waals surface area contributed by atoms with E-state index < -0.39 is 0 Å². The van der Waals surface area contributed by atoms with Gasteiger partial charge in [-0.1, -0.05) is 0 Å². The molecule has 5 heteroatoms. The molecule has 1 atom stereocenters. The number of piperazine rings is 1. The van der Waals surface area contributed by atoms with Crippen molar-refractivity contribution in [3.8, 4) is 11.5 Å². The van der Waals surface area contributed by atoms with E-state index in [0.717, 1.165) is 23.4 Å². The van der Waals surface area contributed by atoms with Gasteiger partial charge in [0.1, 0.15) is 17.5 Å². The molecule has 5 nitrogen and oxygen atoms in total. The van der Waals surface area contributed by atoms with Gasteiger partial charge in [0.25, 0.3) is 0 Å². The minimum absolute atomic E-state index is 0.0366. The molecule has 0 aliphatic carbocycles. The molecule has 1 aliphatic heterocycles. The SMILES string of the molecule is COc1cc(C2NCCNC2=O)c(OC)cc1C. The van der Waals surface area contributed by atoms with Crippen molar-refractivity contribution in [2.45, 2.75) is 13.0 Å². The third-order valence-electron chi connectivity index (χ3n) is 3.09. The minimum atomic E-state index is -0.386. The Hall–Kier alpha value is -1.75. The fraction of sp³-hybridized carbons (Fsp3) is 0.462. The fourth-order valence-electron chi connectivity index (χ4n) is 2.15. The van der Waals surface area contributed by atoms with Crippen molar-refractivity contribution in [1.82, 2.24) is 10.6 Å². The van der Waals surface area contributed by atoms with E-state index >= 15 is 0 Å². The average Bonchev–Trinajstić information content (AvgIpc) is 2.39. The number of amides is 1. The highest BCUT2D eigenvalue weighted by molar-refractivity contribution is 5.85. The van der Waals surface area contributed by atoms with Crippen molar-refractivity contribution in [3.05, 3.63) is 23.3 Å². The topological polar surface area (TPSA) is 59.6 Å². The number of methoxy groups -OCH3 is 2. The van der Waals surface area contributed by atoms with Crippen LogP contribution in [0.1, 0.15) is 17.2 Å². The Morgan fingerprint density at radius 1 is 1.17 bits per heavy atom. The molecule has 98 valence electrons. The van der Waals surface area contributed by atoms with Gasteiger partial charge >= 0.3 is 0 Å². The molecule has 1 fully saturated rings. The smallest absolute Gasteiger partial charge is 0.241 e. The molecule has 1 aromatic rings. The first-order valence-corrected chi connectivity index (χ1v) is 5.91. The second-order valence-electron chi connectivity index (χ2n) is 4.24. The van der Waals surface area contributed by atoms with Crippen molar-refractivity contribution in [1.29, 1.82) is 0 Å². The molecular weight excluding hydrogens is 232 g/mol. The molecule has 0 radical (unpaired) electrons. The van der Waals surface area contributed by atoms with Gasteiger partial charge in [-0.05, 0) is 24.6 Å².